The number of nitrogens with zero attached hydrogens (tertiary/aromatic N) is 2. The lowest BCUT2D eigenvalue weighted by molar-refractivity contribution is 0.422. The number of benzene rings is 1. The third-order valence-corrected chi connectivity index (χ3v) is 4.50. The van der Waals surface area contributed by atoms with Gasteiger partial charge < -0.3 is 0 Å². The molecule has 0 saturated carbocycles. The van der Waals surface area contributed by atoms with Gasteiger partial charge in [-0.2, -0.15) is 5.10 Å². The van der Waals surface area contributed by atoms with Crippen LogP contribution in [0.4, 0.5) is 0 Å². The van der Waals surface area contributed by atoms with Gasteiger partial charge in [-0.1, -0.05) is 44.2 Å². The second kappa shape index (κ2) is 8.23. The Bertz CT molecular complexity index is 517. The molecule has 1 aromatic heterocycles. The van der Waals surface area contributed by atoms with Crippen molar-refractivity contribution in [2.75, 3.05) is 5.88 Å². The third kappa shape index (κ3) is 4.60. The van der Waals surface area contributed by atoms with E-state index in [1.54, 1.807) is 0 Å². The molecule has 0 saturated heterocycles. The summed E-state index contributed by atoms with van der Waals surface area (Å²) >= 11 is 6.16. The molecule has 1 atom stereocenters. The standard InChI is InChI=1S/C18H25ClN2/c1-3-18(4-2)21-11-10-17(20-21)13-16(14-19)12-15-8-6-5-7-9-15/h5-11,16,18H,3-4,12-14H2,1-2H3. The first-order valence-corrected chi connectivity index (χ1v) is 8.44. The second-order valence-corrected chi connectivity index (χ2v) is 5.98. The van der Waals surface area contributed by atoms with Gasteiger partial charge in [0.05, 0.1) is 11.7 Å². The summed E-state index contributed by atoms with van der Waals surface area (Å²) in [4.78, 5) is 0. The molecule has 0 radical (unpaired) electrons. The molecule has 3 heteroatoms. The molecule has 0 aliphatic heterocycles. The monoisotopic (exact) mass is 304 g/mol. The lowest BCUT2D eigenvalue weighted by Gasteiger charge is -2.14. The number of hydrogen-bond donors (Lipinski definition) is 0. The van der Waals surface area contributed by atoms with Crippen molar-refractivity contribution >= 4 is 11.6 Å². The lowest BCUT2D eigenvalue weighted by Crippen LogP contribution is -2.12. The van der Waals surface area contributed by atoms with Gasteiger partial charge in [0.15, 0.2) is 0 Å². The van der Waals surface area contributed by atoms with Crippen molar-refractivity contribution in [2.45, 2.75) is 45.6 Å². The topological polar surface area (TPSA) is 17.8 Å². The quantitative estimate of drug-likeness (QED) is 0.635. The highest BCUT2D eigenvalue weighted by atomic mass is 35.5. The zero-order valence-corrected chi connectivity index (χ0v) is 13.8. The van der Waals surface area contributed by atoms with Gasteiger partial charge in [0, 0.05) is 12.1 Å². The Morgan fingerprint density at radius 3 is 2.38 bits per heavy atom. The summed E-state index contributed by atoms with van der Waals surface area (Å²) in [6, 6.07) is 13.2. The zero-order valence-electron chi connectivity index (χ0n) is 13.0. The zero-order chi connectivity index (χ0) is 15.1. The maximum atomic E-state index is 6.16. The van der Waals surface area contributed by atoms with Gasteiger partial charge in [-0.25, -0.2) is 0 Å². The van der Waals surface area contributed by atoms with Crippen molar-refractivity contribution in [3.05, 3.63) is 53.9 Å². The molecule has 1 unspecified atom stereocenters. The molecule has 0 amide bonds. The Morgan fingerprint density at radius 2 is 1.76 bits per heavy atom. The van der Waals surface area contributed by atoms with E-state index in [0.29, 0.717) is 17.8 Å². The van der Waals surface area contributed by atoms with E-state index in [-0.39, 0.29) is 0 Å². The van der Waals surface area contributed by atoms with Gasteiger partial charge in [-0.3, -0.25) is 4.68 Å². The van der Waals surface area contributed by atoms with E-state index >= 15 is 0 Å². The summed E-state index contributed by atoms with van der Waals surface area (Å²) in [7, 11) is 0. The second-order valence-electron chi connectivity index (χ2n) is 5.67. The fourth-order valence-corrected chi connectivity index (χ4v) is 3.00. The summed E-state index contributed by atoms with van der Waals surface area (Å²) in [5, 5.41) is 4.74. The molecule has 0 spiro atoms. The molecule has 0 fully saturated rings. The highest BCUT2D eigenvalue weighted by Gasteiger charge is 2.13. The van der Waals surface area contributed by atoms with Crippen LogP contribution in [0.5, 0.6) is 0 Å². The molecule has 2 rings (SSSR count). The minimum absolute atomic E-state index is 0.444. The van der Waals surface area contributed by atoms with Crippen LogP contribution in [-0.4, -0.2) is 15.7 Å². The van der Waals surface area contributed by atoms with Gasteiger partial charge in [0.2, 0.25) is 0 Å². The molecule has 0 N–H and O–H groups in total. The molecule has 2 nitrogen and oxygen atoms in total. The van der Waals surface area contributed by atoms with Crippen LogP contribution in [0.3, 0.4) is 0 Å². The fourth-order valence-electron chi connectivity index (χ4n) is 2.78. The van der Waals surface area contributed by atoms with Gasteiger partial charge in [0.1, 0.15) is 0 Å². The van der Waals surface area contributed by atoms with E-state index < -0.39 is 0 Å². The first kappa shape index (κ1) is 16.1. The molecule has 2 aromatic rings. The van der Waals surface area contributed by atoms with Crippen molar-refractivity contribution in [2.24, 2.45) is 5.92 Å². The summed E-state index contributed by atoms with van der Waals surface area (Å²) in [5.41, 5.74) is 2.51. The van der Waals surface area contributed by atoms with Crippen LogP contribution >= 0.6 is 11.6 Å². The molecular weight excluding hydrogens is 280 g/mol. The van der Waals surface area contributed by atoms with Crippen LogP contribution in [0.1, 0.15) is 44.0 Å². The molecule has 114 valence electrons. The van der Waals surface area contributed by atoms with E-state index in [1.165, 1.54) is 5.56 Å². The van der Waals surface area contributed by atoms with Crippen molar-refractivity contribution < 1.29 is 0 Å². The van der Waals surface area contributed by atoms with Crippen molar-refractivity contribution in [1.29, 1.82) is 0 Å². The van der Waals surface area contributed by atoms with E-state index in [9.17, 15) is 0 Å². The van der Waals surface area contributed by atoms with Crippen LogP contribution in [0.2, 0.25) is 0 Å². The SMILES string of the molecule is CCC(CC)n1ccc(CC(CCl)Cc2ccccc2)n1. The highest BCUT2D eigenvalue weighted by molar-refractivity contribution is 6.18. The van der Waals surface area contributed by atoms with E-state index in [4.69, 9.17) is 16.7 Å². The smallest absolute Gasteiger partial charge is 0.0628 e. The fraction of sp³-hybridized carbons (Fsp3) is 0.500. The summed E-state index contributed by atoms with van der Waals surface area (Å²) in [6.07, 6.45) is 6.33. The maximum Gasteiger partial charge on any atom is 0.0628 e. The number of alkyl halides is 1. The molecule has 1 aromatic carbocycles. The highest BCUT2D eigenvalue weighted by Crippen LogP contribution is 2.18. The first-order valence-electron chi connectivity index (χ1n) is 7.90. The maximum absolute atomic E-state index is 6.16. The average molecular weight is 305 g/mol. The van der Waals surface area contributed by atoms with E-state index in [1.807, 2.05) is 0 Å². The largest absolute Gasteiger partial charge is 0.269 e. The Hall–Kier alpha value is -1.28. The number of rotatable bonds is 8. The molecule has 21 heavy (non-hydrogen) atoms. The van der Waals surface area contributed by atoms with Gasteiger partial charge in [0.25, 0.3) is 0 Å². The minimum Gasteiger partial charge on any atom is -0.269 e. The first-order chi connectivity index (χ1) is 10.3. The average Bonchev–Trinajstić information content (AvgIpc) is 2.97. The summed E-state index contributed by atoms with van der Waals surface area (Å²) in [5.74, 6) is 1.12. The van der Waals surface area contributed by atoms with Gasteiger partial charge in [-0.15, -0.1) is 11.6 Å². The van der Waals surface area contributed by atoms with Gasteiger partial charge in [-0.05, 0) is 43.2 Å². The van der Waals surface area contributed by atoms with Crippen LogP contribution in [-0.2, 0) is 12.8 Å². The number of halogens is 1. The number of aromatic nitrogens is 2. The summed E-state index contributed by atoms with van der Waals surface area (Å²) in [6.45, 7) is 4.43. The van der Waals surface area contributed by atoms with Crippen LogP contribution < -0.4 is 0 Å². The molecule has 0 aliphatic rings. The van der Waals surface area contributed by atoms with Crippen LogP contribution in [0, 0.1) is 5.92 Å². The van der Waals surface area contributed by atoms with Gasteiger partial charge >= 0.3 is 0 Å². The minimum atomic E-state index is 0.444. The van der Waals surface area contributed by atoms with Crippen molar-refractivity contribution in [3.63, 3.8) is 0 Å². The predicted octanol–water partition coefficient (Wildman–Crippen LogP) is 4.88. The van der Waals surface area contributed by atoms with Crippen molar-refractivity contribution in [1.82, 2.24) is 9.78 Å². The Balaban J connectivity index is 1.99. The summed E-state index contributed by atoms with van der Waals surface area (Å²) < 4.78 is 2.11. The Labute approximate surface area is 133 Å². The lowest BCUT2D eigenvalue weighted by atomic mass is 9.96. The molecule has 1 heterocycles. The van der Waals surface area contributed by atoms with Crippen LogP contribution in [0.15, 0.2) is 42.6 Å². The Kier molecular flexibility index (Phi) is 6.31. The molecule has 0 aliphatic carbocycles. The van der Waals surface area contributed by atoms with E-state index in [0.717, 1.165) is 31.4 Å². The number of hydrogen-bond acceptors (Lipinski definition) is 1. The molecular formula is C18H25ClN2. The normalized spacial score (nSPS) is 12.8. The van der Waals surface area contributed by atoms with E-state index in [2.05, 4.69) is 61.1 Å². The Morgan fingerprint density at radius 1 is 1.05 bits per heavy atom. The van der Waals surface area contributed by atoms with Crippen molar-refractivity contribution in [3.8, 4) is 0 Å². The predicted molar refractivity (Wildman–Crippen MR) is 89.9 cm³/mol. The third-order valence-electron chi connectivity index (χ3n) is 4.06. The molecule has 0 bridgehead atoms. The van der Waals surface area contributed by atoms with Crippen LogP contribution in [0.25, 0.3) is 0 Å².